The summed E-state index contributed by atoms with van der Waals surface area (Å²) in [7, 11) is 3.15. The molecule has 4 aromatic rings. The van der Waals surface area contributed by atoms with Crippen LogP contribution in [0, 0.1) is 0 Å². The molecule has 7 nitrogen and oxygen atoms in total. The maximum atomic E-state index is 13.3. The summed E-state index contributed by atoms with van der Waals surface area (Å²) in [4.78, 5) is 13.3. The van der Waals surface area contributed by atoms with Gasteiger partial charge in [-0.15, -0.1) is 10.2 Å². The highest BCUT2D eigenvalue weighted by molar-refractivity contribution is 5.81. The normalized spacial score (nSPS) is 11.2. The van der Waals surface area contributed by atoms with Crippen LogP contribution in [0.5, 0.6) is 11.5 Å². The van der Waals surface area contributed by atoms with Gasteiger partial charge in [-0.3, -0.25) is 9.20 Å². The van der Waals surface area contributed by atoms with Crippen LogP contribution in [0.25, 0.3) is 22.4 Å². The van der Waals surface area contributed by atoms with Gasteiger partial charge in [0.2, 0.25) is 5.78 Å². The highest BCUT2D eigenvalue weighted by Gasteiger charge is 2.19. The summed E-state index contributed by atoms with van der Waals surface area (Å²) in [5.74, 6) is 2.39. The Morgan fingerprint density at radius 2 is 1.85 bits per heavy atom. The first-order chi connectivity index (χ1) is 12.7. The monoisotopic (exact) mass is 350 g/mol. The number of aryl methyl sites for hydroxylation is 1. The lowest BCUT2D eigenvalue weighted by molar-refractivity contribution is 0.401. The summed E-state index contributed by atoms with van der Waals surface area (Å²) in [6, 6.07) is 12.8. The van der Waals surface area contributed by atoms with Crippen molar-refractivity contribution in [2.75, 3.05) is 14.2 Å². The Hall–Kier alpha value is -3.35. The first kappa shape index (κ1) is 16.1. The Morgan fingerprint density at radius 3 is 2.58 bits per heavy atom. The number of para-hydroxylation sites is 1. The van der Waals surface area contributed by atoms with E-state index in [4.69, 9.17) is 9.47 Å². The molecular formula is C19H18N4O3. The second kappa shape index (κ2) is 6.18. The number of benzene rings is 2. The van der Waals surface area contributed by atoms with Crippen molar-refractivity contribution in [3.8, 4) is 17.2 Å². The number of aromatic nitrogens is 4. The molecule has 0 fully saturated rings. The molecule has 0 radical (unpaired) electrons. The molecule has 26 heavy (non-hydrogen) atoms. The molecule has 7 heteroatoms. The molecule has 0 aliphatic rings. The van der Waals surface area contributed by atoms with Crippen LogP contribution in [0.15, 0.2) is 47.3 Å². The van der Waals surface area contributed by atoms with Crippen LogP contribution >= 0.6 is 0 Å². The molecule has 0 bridgehead atoms. The lowest BCUT2D eigenvalue weighted by atomic mass is 10.2. The molecule has 0 N–H and O–H groups in total. The molecule has 0 atom stereocenters. The summed E-state index contributed by atoms with van der Waals surface area (Å²) in [6.07, 6.45) is 0.693. The predicted octanol–water partition coefficient (Wildman–Crippen LogP) is 2.61. The van der Waals surface area contributed by atoms with Gasteiger partial charge in [-0.1, -0.05) is 19.1 Å². The molecule has 2 heterocycles. The Labute approximate surface area is 149 Å². The summed E-state index contributed by atoms with van der Waals surface area (Å²) < 4.78 is 14.2. The number of fused-ring (bicyclic) bond motifs is 3. The molecule has 4 rings (SSSR count). The SMILES string of the molecule is CCc1nnc2n(-c3cc(OC)ccc3OC)c(=O)c3ccccc3n12. The van der Waals surface area contributed by atoms with Crippen LogP contribution in [0.3, 0.4) is 0 Å². The van der Waals surface area contributed by atoms with E-state index >= 15 is 0 Å². The minimum Gasteiger partial charge on any atom is -0.497 e. The largest absolute Gasteiger partial charge is 0.497 e. The highest BCUT2D eigenvalue weighted by atomic mass is 16.5. The lowest BCUT2D eigenvalue weighted by Gasteiger charge is -2.15. The minimum absolute atomic E-state index is 0.185. The standard InChI is InChI=1S/C19H18N4O3/c1-4-17-20-21-19-22(17)14-8-6-5-7-13(14)18(24)23(19)15-11-12(25-2)9-10-16(15)26-3/h5-11H,4H2,1-3H3. The smallest absolute Gasteiger partial charge is 0.267 e. The summed E-state index contributed by atoms with van der Waals surface area (Å²) in [6.45, 7) is 2.01. The van der Waals surface area contributed by atoms with Gasteiger partial charge >= 0.3 is 0 Å². The van der Waals surface area contributed by atoms with Gasteiger partial charge in [0.15, 0.2) is 0 Å². The third-order valence-electron chi connectivity index (χ3n) is 4.43. The van der Waals surface area contributed by atoms with Crippen LogP contribution in [-0.4, -0.2) is 33.4 Å². The Morgan fingerprint density at radius 1 is 1.04 bits per heavy atom. The molecule has 2 aromatic heterocycles. The molecular weight excluding hydrogens is 332 g/mol. The fourth-order valence-electron chi connectivity index (χ4n) is 3.18. The van der Waals surface area contributed by atoms with E-state index in [1.54, 1.807) is 38.5 Å². The summed E-state index contributed by atoms with van der Waals surface area (Å²) >= 11 is 0. The van der Waals surface area contributed by atoms with Crippen molar-refractivity contribution in [1.29, 1.82) is 0 Å². The van der Waals surface area contributed by atoms with Crippen LogP contribution < -0.4 is 15.0 Å². The molecule has 0 aliphatic carbocycles. The molecule has 0 aliphatic heterocycles. The molecule has 132 valence electrons. The van der Waals surface area contributed by atoms with Gasteiger partial charge in [-0.25, -0.2) is 4.57 Å². The zero-order valence-corrected chi connectivity index (χ0v) is 14.8. The molecule has 0 saturated heterocycles. The molecule has 0 amide bonds. The van der Waals surface area contributed by atoms with Crippen molar-refractivity contribution in [2.45, 2.75) is 13.3 Å². The fraction of sp³-hybridized carbons (Fsp3) is 0.211. The zero-order chi connectivity index (χ0) is 18.3. The Balaban J connectivity index is 2.22. The third-order valence-corrected chi connectivity index (χ3v) is 4.43. The molecule has 2 aromatic carbocycles. The van der Waals surface area contributed by atoms with E-state index in [2.05, 4.69) is 10.2 Å². The lowest BCUT2D eigenvalue weighted by Crippen LogP contribution is -2.22. The topological polar surface area (TPSA) is 70.7 Å². The van der Waals surface area contributed by atoms with E-state index in [1.807, 2.05) is 29.5 Å². The number of methoxy groups -OCH3 is 2. The number of hydrogen-bond donors (Lipinski definition) is 0. The maximum absolute atomic E-state index is 13.3. The number of ether oxygens (including phenoxy) is 2. The van der Waals surface area contributed by atoms with E-state index < -0.39 is 0 Å². The quantitative estimate of drug-likeness (QED) is 0.566. The van der Waals surface area contributed by atoms with Gasteiger partial charge in [-0.2, -0.15) is 0 Å². The highest BCUT2D eigenvalue weighted by Crippen LogP contribution is 2.28. The fourth-order valence-corrected chi connectivity index (χ4v) is 3.18. The van der Waals surface area contributed by atoms with E-state index in [1.165, 1.54) is 4.57 Å². The minimum atomic E-state index is -0.185. The van der Waals surface area contributed by atoms with E-state index in [9.17, 15) is 4.79 Å². The van der Waals surface area contributed by atoms with Gasteiger partial charge in [0.05, 0.1) is 30.8 Å². The zero-order valence-electron chi connectivity index (χ0n) is 14.8. The van der Waals surface area contributed by atoms with Gasteiger partial charge in [0, 0.05) is 12.5 Å². The van der Waals surface area contributed by atoms with Gasteiger partial charge in [0.25, 0.3) is 5.56 Å². The number of hydrogen-bond acceptors (Lipinski definition) is 5. The van der Waals surface area contributed by atoms with Crippen LogP contribution in [0.2, 0.25) is 0 Å². The molecule has 0 unspecified atom stereocenters. The second-order valence-corrected chi connectivity index (χ2v) is 5.80. The number of rotatable bonds is 4. The van der Waals surface area contributed by atoms with E-state index in [0.717, 1.165) is 11.3 Å². The van der Waals surface area contributed by atoms with E-state index in [-0.39, 0.29) is 5.56 Å². The van der Waals surface area contributed by atoms with Crippen molar-refractivity contribution in [3.05, 3.63) is 58.6 Å². The van der Waals surface area contributed by atoms with Crippen LogP contribution in [0.4, 0.5) is 0 Å². The van der Waals surface area contributed by atoms with Crippen molar-refractivity contribution in [2.24, 2.45) is 0 Å². The van der Waals surface area contributed by atoms with Crippen molar-refractivity contribution < 1.29 is 9.47 Å². The second-order valence-electron chi connectivity index (χ2n) is 5.80. The van der Waals surface area contributed by atoms with Crippen molar-refractivity contribution >= 4 is 16.7 Å². The van der Waals surface area contributed by atoms with Gasteiger partial charge < -0.3 is 9.47 Å². The van der Waals surface area contributed by atoms with Crippen LogP contribution in [0.1, 0.15) is 12.7 Å². The number of nitrogens with zero attached hydrogens (tertiary/aromatic N) is 4. The maximum Gasteiger partial charge on any atom is 0.267 e. The van der Waals surface area contributed by atoms with Gasteiger partial charge in [0.1, 0.15) is 17.3 Å². The Bertz CT molecular complexity index is 1180. The van der Waals surface area contributed by atoms with E-state index in [0.29, 0.717) is 34.8 Å². The summed E-state index contributed by atoms with van der Waals surface area (Å²) in [5.41, 5.74) is 1.16. The molecule has 0 spiro atoms. The average Bonchev–Trinajstić information content (AvgIpc) is 3.12. The first-order valence-electron chi connectivity index (χ1n) is 8.29. The average molecular weight is 350 g/mol. The first-order valence-corrected chi connectivity index (χ1v) is 8.29. The third kappa shape index (κ3) is 2.24. The van der Waals surface area contributed by atoms with Crippen molar-refractivity contribution in [1.82, 2.24) is 19.2 Å². The van der Waals surface area contributed by atoms with Crippen molar-refractivity contribution in [3.63, 3.8) is 0 Å². The van der Waals surface area contributed by atoms with Crippen LogP contribution in [-0.2, 0) is 6.42 Å². The predicted molar refractivity (Wildman–Crippen MR) is 98.6 cm³/mol. The van der Waals surface area contributed by atoms with Gasteiger partial charge in [-0.05, 0) is 24.3 Å². The summed E-state index contributed by atoms with van der Waals surface area (Å²) in [5, 5.41) is 9.14. The Kier molecular flexibility index (Phi) is 3.84. The molecule has 0 saturated carbocycles.